The Hall–Kier alpha value is -2.25. The maximum Gasteiger partial charge on any atom is 0.243 e. The van der Waals surface area contributed by atoms with Gasteiger partial charge in [0.05, 0.1) is 4.90 Å². The fourth-order valence-corrected chi connectivity index (χ4v) is 4.28. The van der Waals surface area contributed by atoms with E-state index in [2.05, 4.69) is 4.98 Å². The van der Waals surface area contributed by atoms with Crippen LogP contribution in [0.4, 0.5) is 5.69 Å². The van der Waals surface area contributed by atoms with Gasteiger partial charge in [0.1, 0.15) is 0 Å². The van der Waals surface area contributed by atoms with Crippen molar-refractivity contribution in [3.05, 3.63) is 53.3 Å². The first-order chi connectivity index (χ1) is 11.4. The molecule has 1 aromatic carbocycles. The molecule has 0 aliphatic carbocycles. The molecule has 2 aromatic rings. The fourth-order valence-electron chi connectivity index (χ4n) is 2.83. The van der Waals surface area contributed by atoms with Crippen molar-refractivity contribution < 1.29 is 13.2 Å². The van der Waals surface area contributed by atoms with Crippen LogP contribution in [-0.2, 0) is 23.0 Å². The highest BCUT2D eigenvalue weighted by atomic mass is 32.2. The number of benzene rings is 1. The number of carbonyl (C=O) groups excluding carboxylic acids is 1. The molecule has 0 spiro atoms. The summed E-state index contributed by atoms with van der Waals surface area (Å²) in [6, 6.07) is 7.88. The van der Waals surface area contributed by atoms with E-state index in [1.54, 1.807) is 31.3 Å². The second kappa shape index (κ2) is 6.33. The number of carbonyl (C=O) groups is 1. The third kappa shape index (κ3) is 2.92. The second-order valence-corrected chi connectivity index (χ2v) is 7.66. The Morgan fingerprint density at radius 1 is 1.33 bits per heavy atom. The largest absolute Gasteiger partial charge is 0.398 e. The van der Waals surface area contributed by atoms with Crippen molar-refractivity contribution in [2.24, 2.45) is 0 Å². The SMILES string of the molecule is CCC(=O)c1cccc(S(=O)(=O)N2CCc3nccc(N)c3C2)c1. The van der Waals surface area contributed by atoms with Gasteiger partial charge in [0, 0.05) is 54.6 Å². The summed E-state index contributed by atoms with van der Waals surface area (Å²) >= 11 is 0. The quantitative estimate of drug-likeness (QED) is 0.856. The number of ketones is 1. The lowest BCUT2D eigenvalue weighted by Gasteiger charge is -2.28. The smallest absolute Gasteiger partial charge is 0.243 e. The maximum absolute atomic E-state index is 12.9. The van der Waals surface area contributed by atoms with Gasteiger partial charge in [0.25, 0.3) is 0 Å². The standard InChI is InChI=1S/C17H19N3O3S/c1-2-17(21)12-4-3-5-13(10-12)24(22,23)20-9-7-16-14(11-20)15(18)6-8-19-16/h3-6,8,10H,2,7,9,11H2,1H3,(H2,18,19). The highest BCUT2D eigenvalue weighted by Crippen LogP contribution is 2.27. The van der Waals surface area contributed by atoms with E-state index >= 15 is 0 Å². The van der Waals surface area contributed by atoms with Gasteiger partial charge < -0.3 is 5.73 Å². The Kier molecular flexibility index (Phi) is 4.38. The molecular weight excluding hydrogens is 326 g/mol. The van der Waals surface area contributed by atoms with Crippen molar-refractivity contribution in [2.75, 3.05) is 12.3 Å². The monoisotopic (exact) mass is 345 g/mol. The molecule has 1 aliphatic heterocycles. The first-order valence-electron chi connectivity index (χ1n) is 7.79. The number of nitrogens with two attached hydrogens (primary N) is 1. The van der Waals surface area contributed by atoms with Crippen molar-refractivity contribution in [2.45, 2.75) is 31.2 Å². The molecule has 0 bridgehead atoms. The van der Waals surface area contributed by atoms with Crippen molar-refractivity contribution >= 4 is 21.5 Å². The lowest BCUT2D eigenvalue weighted by molar-refractivity contribution is 0.0988. The van der Waals surface area contributed by atoms with Gasteiger partial charge in [-0.1, -0.05) is 19.1 Å². The van der Waals surface area contributed by atoms with E-state index in [-0.39, 0.29) is 17.2 Å². The molecule has 0 amide bonds. The predicted octanol–water partition coefficient (Wildman–Crippen LogP) is 2.00. The highest BCUT2D eigenvalue weighted by molar-refractivity contribution is 7.89. The van der Waals surface area contributed by atoms with Crippen molar-refractivity contribution in [1.29, 1.82) is 0 Å². The van der Waals surface area contributed by atoms with E-state index in [9.17, 15) is 13.2 Å². The van der Waals surface area contributed by atoms with Crippen molar-refractivity contribution in [3.63, 3.8) is 0 Å². The topological polar surface area (TPSA) is 93.4 Å². The third-order valence-corrected chi connectivity index (χ3v) is 6.07. The molecule has 24 heavy (non-hydrogen) atoms. The molecule has 2 N–H and O–H groups in total. The van der Waals surface area contributed by atoms with Crippen molar-refractivity contribution in [1.82, 2.24) is 9.29 Å². The summed E-state index contributed by atoms with van der Waals surface area (Å²) in [5.41, 5.74) is 8.53. The molecule has 1 aromatic heterocycles. The Morgan fingerprint density at radius 2 is 2.12 bits per heavy atom. The van der Waals surface area contributed by atoms with Crippen LogP contribution in [0.1, 0.15) is 35.0 Å². The molecule has 0 radical (unpaired) electrons. The minimum atomic E-state index is -3.69. The Labute approximate surface area is 141 Å². The highest BCUT2D eigenvalue weighted by Gasteiger charge is 2.30. The lowest BCUT2D eigenvalue weighted by Crippen LogP contribution is -2.36. The van der Waals surface area contributed by atoms with Crippen LogP contribution in [0.2, 0.25) is 0 Å². The molecule has 6 nitrogen and oxygen atoms in total. The van der Waals surface area contributed by atoms with Gasteiger partial charge in [-0.25, -0.2) is 8.42 Å². The van der Waals surface area contributed by atoms with E-state index in [1.807, 2.05) is 0 Å². The first kappa shape index (κ1) is 16.6. The minimum Gasteiger partial charge on any atom is -0.398 e. The maximum atomic E-state index is 12.9. The summed E-state index contributed by atoms with van der Waals surface area (Å²) in [5, 5.41) is 0. The van der Waals surface area contributed by atoms with Crippen LogP contribution in [0.25, 0.3) is 0 Å². The van der Waals surface area contributed by atoms with Gasteiger partial charge in [0.2, 0.25) is 10.0 Å². The molecule has 0 unspecified atom stereocenters. The van der Waals surface area contributed by atoms with Crippen LogP contribution in [0, 0.1) is 0 Å². The number of nitrogens with zero attached hydrogens (tertiary/aromatic N) is 2. The summed E-state index contributed by atoms with van der Waals surface area (Å²) in [6.07, 6.45) is 2.49. The zero-order chi connectivity index (χ0) is 17.3. The van der Waals surface area contributed by atoms with Gasteiger partial charge in [-0.3, -0.25) is 9.78 Å². The summed E-state index contributed by atoms with van der Waals surface area (Å²) in [4.78, 5) is 16.2. The molecule has 7 heteroatoms. The van der Waals surface area contributed by atoms with E-state index < -0.39 is 10.0 Å². The molecular formula is C17H19N3O3S. The number of Topliss-reactive ketones (excluding diaryl/α,β-unsaturated/α-hetero) is 1. The summed E-state index contributed by atoms with van der Waals surface area (Å²) in [6.45, 7) is 2.29. The second-order valence-electron chi connectivity index (χ2n) is 5.72. The third-order valence-electron chi connectivity index (χ3n) is 4.23. The van der Waals surface area contributed by atoms with Crippen LogP contribution in [0.15, 0.2) is 41.4 Å². The Morgan fingerprint density at radius 3 is 2.88 bits per heavy atom. The molecule has 1 aliphatic rings. The number of fused-ring (bicyclic) bond motifs is 1. The Bertz CT molecular complexity index is 894. The molecule has 0 saturated heterocycles. The summed E-state index contributed by atoms with van der Waals surface area (Å²) in [5.74, 6) is -0.0792. The molecule has 2 heterocycles. The number of rotatable bonds is 4. The van der Waals surface area contributed by atoms with E-state index in [0.29, 0.717) is 30.6 Å². The minimum absolute atomic E-state index is 0.0792. The molecule has 0 atom stereocenters. The van der Waals surface area contributed by atoms with Crippen LogP contribution in [0.5, 0.6) is 0 Å². The molecule has 3 rings (SSSR count). The number of hydrogen-bond acceptors (Lipinski definition) is 5. The summed E-state index contributed by atoms with van der Waals surface area (Å²) < 4.78 is 27.2. The van der Waals surface area contributed by atoms with Crippen LogP contribution >= 0.6 is 0 Å². The number of aromatic nitrogens is 1. The number of hydrogen-bond donors (Lipinski definition) is 1. The zero-order valence-electron chi connectivity index (χ0n) is 13.4. The van der Waals surface area contributed by atoms with Gasteiger partial charge in [-0.05, 0) is 18.2 Å². The Balaban J connectivity index is 1.95. The summed E-state index contributed by atoms with van der Waals surface area (Å²) in [7, 11) is -3.69. The van der Waals surface area contributed by atoms with Gasteiger partial charge in [-0.2, -0.15) is 4.31 Å². The number of sulfonamides is 1. The predicted molar refractivity (Wildman–Crippen MR) is 91.0 cm³/mol. The fraction of sp³-hybridized carbons (Fsp3) is 0.294. The van der Waals surface area contributed by atoms with E-state index in [4.69, 9.17) is 5.73 Å². The molecule has 126 valence electrons. The molecule has 0 saturated carbocycles. The number of anilines is 1. The van der Waals surface area contributed by atoms with Crippen LogP contribution in [0.3, 0.4) is 0 Å². The van der Waals surface area contributed by atoms with Crippen LogP contribution in [-0.4, -0.2) is 30.0 Å². The van der Waals surface area contributed by atoms with Crippen molar-refractivity contribution in [3.8, 4) is 0 Å². The first-order valence-corrected chi connectivity index (χ1v) is 9.23. The number of pyridine rings is 1. The van der Waals surface area contributed by atoms with Crippen LogP contribution < -0.4 is 5.73 Å². The average Bonchev–Trinajstić information content (AvgIpc) is 2.61. The van der Waals surface area contributed by atoms with Gasteiger partial charge >= 0.3 is 0 Å². The zero-order valence-corrected chi connectivity index (χ0v) is 14.2. The lowest BCUT2D eigenvalue weighted by atomic mass is 10.1. The van der Waals surface area contributed by atoms with Gasteiger partial charge in [0.15, 0.2) is 5.78 Å². The average molecular weight is 345 g/mol. The molecule has 0 fully saturated rings. The van der Waals surface area contributed by atoms with E-state index in [0.717, 1.165) is 11.3 Å². The van der Waals surface area contributed by atoms with E-state index in [1.165, 1.54) is 16.4 Å². The van der Waals surface area contributed by atoms with Gasteiger partial charge in [-0.15, -0.1) is 0 Å². The normalized spacial score (nSPS) is 15.0. The number of nitrogen functional groups attached to an aromatic ring is 1.